The standard InChI is InChI=1S/C27H27F2N5O2.C22H15F3N4O.C5H13NO.CH3F.CH4.Na.H/c1-18-15-30-27(31-16-18)20-7-4-6-19(12-20)17-34-25(35)9-8-24(32-34)21-13-22(28)26(23(29)14-21)36-11-5-10-33(2)3;1-13-10-26-22(27-11-13)15-4-2-3-14(7-15)12-29-20(30)6-5-19(28-29)16-8-17(23)21(25)18(24)9-16;1-6(2)4-3-5-7;1-2;;;/h4,6-9,12-16H,5,10-11,17H2,1-3H3;2-11H,12H2,1H3;7H,3-5H2,1-2H3;1H3;1H4;;/q;;;;;+1;-1/i;;;1D;;;. The monoisotopic (exact) mass is 1080 g/mol. The molecule has 0 radical (unpaired) electrons. The number of ether oxygens (including phenoxy) is 1. The molecule has 0 atom stereocenters. The molecule has 0 aliphatic rings. The molecule has 21 heteroatoms. The number of benzene rings is 4. The normalized spacial score (nSPS) is 10.7. The Bertz CT molecular complexity index is 3220. The number of hydrogen-bond donors (Lipinski definition) is 1. The van der Waals surface area contributed by atoms with Gasteiger partial charge in [0.15, 0.2) is 46.5 Å². The predicted molar refractivity (Wildman–Crippen MR) is 284 cm³/mol. The van der Waals surface area contributed by atoms with Crippen LogP contribution in [0.1, 0.15) is 45.3 Å². The third-order valence-electron chi connectivity index (χ3n) is 10.7. The predicted octanol–water partition coefficient (Wildman–Crippen LogP) is 6.74. The van der Waals surface area contributed by atoms with Gasteiger partial charge in [-0.3, -0.25) is 14.0 Å². The number of aryl methyl sites for hydroxylation is 2. The van der Waals surface area contributed by atoms with E-state index < -0.39 is 47.5 Å². The Morgan fingerprint density at radius 1 is 0.597 bits per heavy atom. The molecule has 0 amide bonds. The molecule has 4 aromatic carbocycles. The van der Waals surface area contributed by atoms with Crippen LogP contribution in [0.4, 0.5) is 26.3 Å². The zero-order valence-electron chi connectivity index (χ0n) is 45.3. The molecule has 0 aliphatic carbocycles. The molecule has 0 aliphatic heterocycles. The van der Waals surface area contributed by atoms with E-state index in [4.69, 9.17) is 11.2 Å². The van der Waals surface area contributed by atoms with Gasteiger partial charge in [-0.1, -0.05) is 43.8 Å². The van der Waals surface area contributed by atoms with Crippen molar-refractivity contribution in [3.63, 3.8) is 0 Å². The van der Waals surface area contributed by atoms with Gasteiger partial charge in [-0.2, -0.15) is 10.2 Å². The molecule has 0 saturated heterocycles. The Kier molecular flexibility index (Phi) is 26.0. The number of hydrogen-bond acceptors (Lipinski definition) is 12. The number of aliphatic hydroxyl groups is 1. The SMILES string of the molecule is C.CN(C)CCCO.Cc1cnc(-c2cccc(Cn3nc(-c4cc(F)c(F)c(F)c4)ccc3=O)c2)nc1.Cc1cnc(-c2cccc(Cn3nc(-c4cc(F)c(OCCCN(C)C)c(F)c4)ccc3=O)c2)nc1.[2H]CF.[H-].[Na+]. The summed E-state index contributed by atoms with van der Waals surface area (Å²) in [5.74, 6) is -5.13. The molecule has 0 bridgehead atoms. The Labute approximate surface area is 469 Å². The minimum absolute atomic E-state index is 0. The van der Waals surface area contributed by atoms with Crippen molar-refractivity contribution in [1.82, 2.24) is 49.3 Å². The van der Waals surface area contributed by atoms with E-state index in [1.165, 1.54) is 33.6 Å². The maximum atomic E-state index is 14.7. The minimum Gasteiger partial charge on any atom is -1.00 e. The summed E-state index contributed by atoms with van der Waals surface area (Å²) >= 11 is 0. The molecular weight excluding hydrogens is 1010 g/mol. The average Bonchev–Trinajstić information content (AvgIpc) is 3.39. The number of rotatable bonds is 16. The van der Waals surface area contributed by atoms with Gasteiger partial charge in [-0.05, 0) is 132 Å². The van der Waals surface area contributed by atoms with Crippen molar-refractivity contribution in [2.24, 2.45) is 0 Å². The van der Waals surface area contributed by atoms with Gasteiger partial charge >= 0.3 is 29.6 Å². The Balaban J connectivity index is 0.000000451. The van der Waals surface area contributed by atoms with Crippen LogP contribution < -0.4 is 45.4 Å². The third kappa shape index (κ3) is 19.5. The molecular formula is C56H63F6N10NaO4. The van der Waals surface area contributed by atoms with Gasteiger partial charge in [0.25, 0.3) is 11.1 Å². The van der Waals surface area contributed by atoms with E-state index >= 15 is 0 Å². The van der Waals surface area contributed by atoms with Gasteiger partial charge < -0.3 is 21.1 Å². The second kappa shape index (κ2) is 32.0. The second-order valence-electron chi connectivity index (χ2n) is 17.4. The number of aromatic nitrogens is 8. The largest absolute Gasteiger partial charge is 1.00 e. The molecule has 0 unspecified atom stereocenters. The van der Waals surface area contributed by atoms with Crippen LogP contribution in [0, 0.1) is 42.9 Å². The number of halogens is 6. The molecule has 4 aromatic heterocycles. The van der Waals surface area contributed by atoms with Gasteiger partial charge in [-0.15, -0.1) is 0 Å². The fourth-order valence-electron chi connectivity index (χ4n) is 6.97. The fraction of sp³-hybridized carbons (Fsp3) is 0.286. The van der Waals surface area contributed by atoms with Crippen molar-refractivity contribution in [2.45, 2.75) is 47.2 Å². The van der Waals surface area contributed by atoms with E-state index in [2.05, 4.69) is 35.0 Å². The zero-order chi connectivity index (χ0) is 55.3. The topological polar surface area (TPSA) is 157 Å². The van der Waals surface area contributed by atoms with E-state index in [0.717, 1.165) is 77.2 Å². The van der Waals surface area contributed by atoms with Crippen molar-refractivity contribution in [1.29, 1.82) is 0 Å². The maximum Gasteiger partial charge on any atom is 1.00 e. The summed E-state index contributed by atoms with van der Waals surface area (Å²) in [6, 6.07) is 24.2. The molecule has 8 aromatic rings. The van der Waals surface area contributed by atoms with E-state index in [-0.39, 0.29) is 86.2 Å². The number of aliphatic hydroxyl groups excluding tert-OH is 1. The first-order valence-corrected chi connectivity index (χ1v) is 23.3. The molecule has 404 valence electrons. The van der Waals surface area contributed by atoms with Gasteiger partial charge in [0.2, 0.25) is 0 Å². The van der Waals surface area contributed by atoms with Crippen LogP contribution in [0.2, 0.25) is 0 Å². The third-order valence-corrected chi connectivity index (χ3v) is 10.7. The van der Waals surface area contributed by atoms with E-state index in [0.29, 0.717) is 24.7 Å². The smallest absolute Gasteiger partial charge is 1.00 e. The van der Waals surface area contributed by atoms with Gasteiger partial charge in [0, 0.05) is 72.3 Å². The first kappa shape index (κ1) is 62.6. The van der Waals surface area contributed by atoms with Crippen molar-refractivity contribution in [3.8, 4) is 51.0 Å². The Morgan fingerprint density at radius 2 is 0.987 bits per heavy atom. The Hall–Kier alpha value is -6.94. The zero-order valence-corrected chi connectivity index (χ0v) is 45.3. The van der Waals surface area contributed by atoms with E-state index in [1.54, 1.807) is 24.8 Å². The summed E-state index contributed by atoms with van der Waals surface area (Å²) in [6.07, 6.45) is 8.42. The summed E-state index contributed by atoms with van der Waals surface area (Å²) in [4.78, 5) is 46.0. The summed E-state index contributed by atoms with van der Waals surface area (Å²) in [7, 11) is 6.82. The van der Waals surface area contributed by atoms with Crippen LogP contribution in [0.15, 0.2) is 131 Å². The first-order chi connectivity index (χ1) is 36.4. The Morgan fingerprint density at radius 3 is 1.36 bits per heavy atom. The summed E-state index contributed by atoms with van der Waals surface area (Å²) in [6.45, 7) is 6.33. The van der Waals surface area contributed by atoms with Crippen molar-refractivity contribution in [3.05, 3.63) is 194 Å². The quantitative estimate of drug-likeness (QED) is 0.0471. The molecule has 0 spiro atoms. The molecule has 0 saturated carbocycles. The minimum atomic E-state index is -1.55. The van der Waals surface area contributed by atoms with Crippen LogP contribution >= 0.6 is 0 Å². The molecule has 1 N–H and O–H groups in total. The van der Waals surface area contributed by atoms with Crippen LogP contribution in [0.25, 0.3) is 45.3 Å². The number of nitrogens with zero attached hydrogens (tertiary/aromatic N) is 10. The van der Waals surface area contributed by atoms with Crippen LogP contribution in [0.5, 0.6) is 5.75 Å². The molecule has 8 rings (SSSR count). The first-order valence-electron chi connectivity index (χ1n) is 24.0. The van der Waals surface area contributed by atoms with Crippen molar-refractivity contribution in [2.75, 3.05) is 61.6 Å². The van der Waals surface area contributed by atoms with Crippen LogP contribution in [-0.2, 0) is 13.1 Å². The second-order valence-corrected chi connectivity index (χ2v) is 17.4. The van der Waals surface area contributed by atoms with Crippen LogP contribution in [0.3, 0.4) is 0 Å². The van der Waals surface area contributed by atoms with Crippen LogP contribution in [-0.4, -0.2) is 116 Å². The van der Waals surface area contributed by atoms with E-state index in [1.807, 2.05) is 95.5 Å². The fourth-order valence-corrected chi connectivity index (χ4v) is 6.97. The van der Waals surface area contributed by atoms with Crippen molar-refractivity contribution < 1.29 is 68.5 Å². The molecule has 0 fully saturated rings. The molecule has 14 nitrogen and oxygen atoms in total. The molecule has 4 heterocycles. The van der Waals surface area contributed by atoms with E-state index in [9.17, 15) is 35.9 Å². The molecule has 77 heavy (non-hydrogen) atoms. The van der Waals surface area contributed by atoms with Gasteiger partial charge in [0.05, 0.1) is 39.6 Å². The van der Waals surface area contributed by atoms with Crippen molar-refractivity contribution >= 4 is 0 Å². The number of alkyl halides is 1. The average molecular weight is 1080 g/mol. The summed E-state index contributed by atoms with van der Waals surface area (Å²) in [5.41, 5.74) is 4.98. The maximum absolute atomic E-state index is 14.7. The summed E-state index contributed by atoms with van der Waals surface area (Å²) in [5, 5.41) is 16.8. The van der Waals surface area contributed by atoms with Gasteiger partial charge in [-0.25, -0.2) is 51.3 Å². The summed E-state index contributed by atoms with van der Waals surface area (Å²) < 4.78 is 92.9. The van der Waals surface area contributed by atoms with Gasteiger partial charge in [0.1, 0.15) is 0 Å².